The minimum absolute atomic E-state index is 0.671. The highest BCUT2D eigenvalue weighted by Gasteiger charge is 2.41. The lowest BCUT2D eigenvalue weighted by atomic mass is 10.0. The number of nitrogens with zero attached hydrogens (tertiary/aromatic N) is 2. The van der Waals surface area contributed by atoms with E-state index < -0.39 is 8.07 Å². The van der Waals surface area contributed by atoms with Crippen LogP contribution in [0.3, 0.4) is 0 Å². The molecule has 0 bridgehead atoms. The Balaban J connectivity index is 1.34. The van der Waals surface area contributed by atoms with E-state index in [1.807, 2.05) is 12.1 Å². The molecule has 2 nitrogen and oxygen atoms in total. The van der Waals surface area contributed by atoms with Crippen LogP contribution in [-0.4, -0.2) is 12.6 Å². The van der Waals surface area contributed by atoms with Gasteiger partial charge in [-0.3, -0.25) is 0 Å². The summed E-state index contributed by atoms with van der Waals surface area (Å²) in [5.41, 5.74) is 6.59. The molecule has 0 aliphatic heterocycles. The van der Waals surface area contributed by atoms with E-state index >= 15 is 0 Å². The molecule has 1 aromatic heterocycles. The highest BCUT2D eigenvalue weighted by Crippen LogP contribution is 2.35. The summed E-state index contributed by atoms with van der Waals surface area (Å²) in [5.74, 6) is 0. The predicted molar refractivity (Wildman–Crippen MR) is 195 cm³/mol. The molecule has 216 valence electrons. The Morgan fingerprint density at radius 1 is 0.413 bits per heavy atom. The fourth-order valence-corrected chi connectivity index (χ4v) is 11.9. The summed E-state index contributed by atoms with van der Waals surface area (Å²) >= 11 is 0. The SMILES string of the molecule is N#Cc1ccc([Si](c2ccccc2)(c2ccccc2)c2ccc(-c3ccccc3-n3c4ccccc4c4ccccc43)cc2)cc1. The minimum atomic E-state index is -2.71. The summed E-state index contributed by atoms with van der Waals surface area (Å²) in [4.78, 5) is 0. The zero-order valence-electron chi connectivity index (χ0n) is 25.2. The van der Waals surface area contributed by atoms with Gasteiger partial charge in [-0.25, -0.2) is 0 Å². The topological polar surface area (TPSA) is 28.7 Å². The molecule has 0 saturated carbocycles. The molecule has 0 aliphatic carbocycles. The lowest BCUT2D eigenvalue weighted by molar-refractivity contribution is 1.18. The van der Waals surface area contributed by atoms with Gasteiger partial charge in [0.15, 0.2) is 8.07 Å². The van der Waals surface area contributed by atoms with Crippen LogP contribution >= 0.6 is 0 Å². The van der Waals surface area contributed by atoms with Gasteiger partial charge in [-0.05, 0) is 56.6 Å². The molecule has 0 spiro atoms. The van der Waals surface area contributed by atoms with E-state index in [9.17, 15) is 5.26 Å². The van der Waals surface area contributed by atoms with Gasteiger partial charge in [-0.2, -0.15) is 5.26 Å². The van der Waals surface area contributed by atoms with E-state index in [1.54, 1.807) is 0 Å². The third-order valence-electron chi connectivity index (χ3n) is 9.21. The smallest absolute Gasteiger partial charge is 0.179 e. The van der Waals surface area contributed by atoms with Gasteiger partial charge >= 0.3 is 0 Å². The molecule has 0 N–H and O–H groups in total. The molecule has 0 amide bonds. The van der Waals surface area contributed by atoms with Crippen molar-refractivity contribution < 1.29 is 0 Å². The molecule has 0 aliphatic rings. The molecule has 0 fully saturated rings. The molecule has 46 heavy (non-hydrogen) atoms. The molecule has 8 aromatic rings. The Labute approximate surface area is 270 Å². The summed E-state index contributed by atoms with van der Waals surface area (Å²) in [6.07, 6.45) is 0. The van der Waals surface area contributed by atoms with Crippen LogP contribution < -0.4 is 20.7 Å². The lowest BCUT2D eigenvalue weighted by Gasteiger charge is -2.34. The van der Waals surface area contributed by atoms with E-state index in [1.165, 1.54) is 53.7 Å². The van der Waals surface area contributed by atoms with E-state index in [-0.39, 0.29) is 0 Å². The number of rotatable bonds is 6. The fourth-order valence-electron chi connectivity index (χ4n) is 7.17. The number of aromatic nitrogens is 1. The van der Waals surface area contributed by atoms with Crippen molar-refractivity contribution in [1.29, 1.82) is 5.26 Å². The van der Waals surface area contributed by atoms with Crippen molar-refractivity contribution in [2.24, 2.45) is 0 Å². The number of fused-ring (bicyclic) bond motifs is 3. The second-order valence-corrected chi connectivity index (χ2v) is 15.4. The largest absolute Gasteiger partial charge is 0.309 e. The van der Waals surface area contributed by atoms with Crippen molar-refractivity contribution in [3.8, 4) is 22.9 Å². The number of benzene rings is 7. The average molecular weight is 603 g/mol. The van der Waals surface area contributed by atoms with Gasteiger partial charge in [0.1, 0.15) is 0 Å². The zero-order chi connectivity index (χ0) is 30.9. The van der Waals surface area contributed by atoms with Crippen LogP contribution in [-0.2, 0) is 0 Å². The zero-order valence-corrected chi connectivity index (χ0v) is 26.2. The Morgan fingerprint density at radius 2 is 0.848 bits per heavy atom. The molecule has 3 heteroatoms. The molecule has 0 radical (unpaired) electrons. The Hall–Kier alpha value is -5.95. The van der Waals surface area contributed by atoms with Crippen LogP contribution in [0.15, 0.2) is 182 Å². The van der Waals surface area contributed by atoms with Gasteiger partial charge < -0.3 is 4.57 Å². The highest BCUT2D eigenvalue weighted by molar-refractivity contribution is 7.19. The van der Waals surface area contributed by atoms with Crippen molar-refractivity contribution in [2.75, 3.05) is 0 Å². The maximum absolute atomic E-state index is 9.59. The van der Waals surface area contributed by atoms with Crippen LogP contribution in [0.5, 0.6) is 0 Å². The first kappa shape index (κ1) is 27.6. The molecular weight excluding hydrogens is 573 g/mol. The molecule has 1 heterocycles. The summed E-state index contributed by atoms with van der Waals surface area (Å²) < 4.78 is 2.40. The van der Waals surface area contributed by atoms with Crippen molar-refractivity contribution >= 4 is 50.6 Å². The number of nitriles is 1. The van der Waals surface area contributed by atoms with Crippen LogP contribution in [0.4, 0.5) is 0 Å². The van der Waals surface area contributed by atoms with Crippen molar-refractivity contribution in [2.45, 2.75) is 0 Å². The lowest BCUT2D eigenvalue weighted by Crippen LogP contribution is -2.74. The number of para-hydroxylation sites is 3. The summed E-state index contributed by atoms with van der Waals surface area (Å²) in [6, 6.07) is 67.6. The standard InChI is InChI=1S/C43H30N2Si/c44-31-32-23-27-36(28-24-32)46(34-13-3-1-4-14-34,35-15-5-2-6-16-35)37-29-25-33(26-30-37)38-17-7-10-20-41(38)45-42-21-11-8-18-39(42)40-19-9-12-22-43(40)45/h1-30H. The third kappa shape index (κ3) is 4.39. The Morgan fingerprint density at radius 3 is 1.39 bits per heavy atom. The van der Waals surface area contributed by atoms with Crippen LogP contribution in [0.1, 0.15) is 5.56 Å². The van der Waals surface area contributed by atoms with E-state index in [2.05, 4.69) is 180 Å². The van der Waals surface area contributed by atoms with Gasteiger partial charge in [-0.15, -0.1) is 0 Å². The highest BCUT2D eigenvalue weighted by atomic mass is 28.3. The van der Waals surface area contributed by atoms with E-state index in [0.29, 0.717) is 5.56 Å². The average Bonchev–Trinajstić information content (AvgIpc) is 3.48. The first-order chi connectivity index (χ1) is 22.8. The van der Waals surface area contributed by atoms with E-state index in [4.69, 9.17) is 0 Å². The number of hydrogen-bond acceptors (Lipinski definition) is 1. The number of hydrogen-bond donors (Lipinski definition) is 0. The second kappa shape index (κ2) is 11.5. The van der Waals surface area contributed by atoms with Gasteiger partial charge in [0, 0.05) is 16.3 Å². The Bertz CT molecular complexity index is 2260. The Kier molecular flexibility index (Phi) is 6.91. The maximum atomic E-state index is 9.59. The quantitative estimate of drug-likeness (QED) is 0.142. The molecule has 7 aromatic carbocycles. The first-order valence-corrected chi connectivity index (χ1v) is 17.6. The summed E-state index contributed by atoms with van der Waals surface area (Å²) in [6.45, 7) is 0. The minimum Gasteiger partial charge on any atom is -0.309 e. The van der Waals surface area contributed by atoms with Gasteiger partial charge in [0.25, 0.3) is 0 Å². The summed E-state index contributed by atoms with van der Waals surface area (Å²) in [5, 5.41) is 17.3. The van der Waals surface area contributed by atoms with Crippen molar-refractivity contribution in [1.82, 2.24) is 4.57 Å². The molecule has 8 rings (SSSR count). The molecule has 0 unspecified atom stereocenters. The fraction of sp³-hybridized carbons (Fsp3) is 0. The molecule has 0 atom stereocenters. The van der Waals surface area contributed by atoms with Gasteiger partial charge in [0.05, 0.1) is 28.4 Å². The summed E-state index contributed by atoms with van der Waals surface area (Å²) in [7, 11) is -2.71. The van der Waals surface area contributed by atoms with Crippen molar-refractivity contribution in [3.63, 3.8) is 0 Å². The van der Waals surface area contributed by atoms with Gasteiger partial charge in [-0.1, -0.05) is 152 Å². The first-order valence-electron chi connectivity index (χ1n) is 15.6. The monoisotopic (exact) mass is 602 g/mol. The van der Waals surface area contributed by atoms with Gasteiger partial charge in [0.2, 0.25) is 0 Å². The molecule has 0 saturated heterocycles. The van der Waals surface area contributed by atoms with Crippen LogP contribution in [0, 0.1) is 11.3 Å². The van der Waals surface area contributed by atoms with Crippen LogP contribution in [0.2, 0.25) is 0 Å². The van der Waals surface area contributed by atoms with Crippen molar-refractivity contribution in [3.05, 3.63) is 188 Å². The van der Waals surface area contributed by atoms with E-state index in [0.717, 1.165) is 5.69 Å². The predicted octanol–water partition coefficient (Wildman–Crippen LogP) is 7.70. The molecular formula is C43H30N2Si. The third-order valence-corrected chi connectivity index (χ3v) is 14.0. The second-order valence-electron chi connectivity index (χ2n) is 11.6. The van der Waals surface area contributed by atoms with Crippen LogP contribution in [0.25, 0.3) is 38.6 Å². The maximum Gasteiger partial charge on any atom is 0.179 e. The normalized spacial score (nSPS) is 11.5.